The second-order valence-electron chi connectivity index (χ2n) is 5.43. The van der Waals surface area contributed by atoms with Gasteiger partial charge in [0.15, 0.2) is 0 Å². The maximum Gasteiger partial charge on any atom is 0.270 e. The van der Waals surface area contributed by atoms with Crippen LogP contribution in [-0.2, 0) is 0 Å². The number of carbonyl (C=O) groups excluding carboxylic acids is 1. The van der Waals surface area contributed by atoms with Gasteiger partial charge in [-0.2, -0.15) is 0 Å². The number of pyridine rings is 2. The van der Waals surface area contributed by atoms with Crippen LogP contribution in [0.3, 0.4) is 0 Å². The summed E-state index contributed by atoms with van der Waals surface area (Å²) in [7, 11) is 0. The fourth-order valence-electron chi connectivity index (χ4n) is 2.72. The van der Waals surface area contributed by atoms with Gasteiger partial charge in [-0.15, -0.1) is 0 Å². The predicted octanol–water partition coefficient (Wildman–Crippen LogP) is 3.21. The van der Waals surface area contributed by atoms with Crippen molar-refractivity contribution < 1.29 is 4.79 Å². The van der Waals surface area contributed by atoms with Crippen LogP contribution in [0.25, 0.3) is 11.4 Å². The SMILES string of the molecule is O=C(NC1CCCCC1)c1cccc(-c2ccccn2)n1. The summed E-state index contributed by atoms with van der Waals surface area (Å²) in [5, 5.41) is 3.09. The Morgan fingerprint density at radius 1 is 1.00 bits per heavy atom. The van der Waals surface area contributed by atoms with Crippen molar-refractivity contribution in [1.29, 1.82) is 0 Å². The van der Waals surface area contributed by atoms with E-state index in [9.17, 15) is 4.79 Å². The van der Waals surface area contributed by atoms with Crippen LogP contribution >= 0.6 is 0 Å². The minimum absolute atomic E-state index is 0.0836. The van der Waals surface area contributed by atoms with E-state index in [0.29, 0.717) is 11.7 Å². The van der Waals surface area contributed by atoms with Crippen molar-refractivity contribution in [2.45, 2.75) is 38.1 Å². The standard InChI is InChI=1S/C17H19N3O/c21-17(19-13-7-2-1-3-8-13)16-11-6-10-15(20-16)14-9-4-5-12-18-14/h4-6,9-13H,1-3,7-8H2,(H,19,21). The Balaban J connectivity index is 1.74. The zero-order valence-electron chi connectivity index (χ0n) is 12.0. The van der Waals surface area contributed by atoms with Crippen molar-refractivity contribution in [3.8, 4) is 11.4 Å². The highest BCUT2D eigenvalue weighted by Crippen LogP contribution is 2.18. The number of rotatable bonds is 3. The molecule has 1 amide bonds. The summed E-state index contributed by atoms with van der Waals surface area (Å²) >= 11 is 0. The molecular weight excluding hydrogens is 262 g/mol. The zero-order valence-corrected chi connectivity index (χ0v) is 12.0. The Kier molecular flexibility index (Phi) is 4.24. The third-order valence-corrected chi connectivity index (χ3v) is 3.85. The Bertz CT molecular complexity index is 606. The topological polar surface area (TPSA) is 54.9 Å². The van der Waals surface area contributed by atoms with Crippen molar-refractivity contribution in [1.82, 2.24) is 15.3 Å². The molecule has 2 aromatic heterocycles. The first kappa shape index (κ1) is 13.7. The molecule has 0 spiro atoms. The summed E-state index contributed by atoms with van der Waals surface area (Å²) in [6.45, 7) is 0. The van der Waals surface area contributed by atoms with Crippen LogP contribution in [0.15, 0.2) is 42.6 Å². The molecule has 1 saturated carbocycles. The number of nitrogens with zero attached hydrogens (tertiary/aromatic N) is 2. The summed E-state index contributed by atoms with van der Waals surface area (Å²) in [5.74, 6) is -0.0836. The maximum absolute atomic E-state index is 12.3. The van der Waals surface area contributed by atoms with E-state index in [2.05, 4.69) is 15.3 Å². The van der Waals surface area contributed by atoms with Gasteiger partial charge in [0.25, 0.3) is 5.91 Å². The van der Waals surface area contributed by atoms with E-state index >= 15 is 0 Å². The molecule has 4 heteroatoms. The fourth-order valence-corrected chi connectivity index (χ4v) is 2.72. The number of hydrogen-bond donors (Lipinski definition) is 1. The molecule has 1 aliphatic rings. The summed E-state index contributed by atoms with van der Waals surface area (Å²) < 4.78 is 0. The van der Waals surface area contributed by atoms with Gasteiger partial charge in [-0.1, -0.05) is 31.4 Å². The van der Waals surface area contributed by atoms with Crippen molar-refractivity contribution in [3.05, 3.63) is 48.3 Å². The number of nitrogens with one attached hydrogen (secondary N) is 1. The lowest BCUT2D eigenvalue weighted by molar-refractivity contribution is 0.0923. The molecular formula is C17H19N3O. The van der Waals surface area contributed by atoms with Gasteiger partial charge in [-0.25, -0.2) is 4.98 Å². The van der Waals surface area contributed by atoms with Crippen LogP contribution in [0.2, 0.25) is 0 Å². The van der Waals surface area contributed by atoms with E-state index in [0.717, 1.165) is 24.2 Å². The van der Waals surface area contributed by atoms with Crippen LogP contribution in [0.5, 0.6) is 0 Å². The van der Waals surface area contributed by atoms with Crippen LogP contribution in [-0.4, -0.2) is 21.9 Å². The van der Waals surface area contributed by atoms with E-state index in [1.54, 1.807) is 12.3 Å². The highest BCUT2D eigenvalue weighted by Gasteiger charge is 2.17. The molecule has 1 N–H and O–H groups in total. The molecule has 108 valence electrons. The molecule has 0 unspecified atom stereocenters. The molecule has 0 aliphatic heterocycles. The van der Waals surface area contributed by atoms with E-state index in [4.69, 9.17) is 0 Å². The molecule has 2 heterocycles. The third-order valence-electron chi connectivity index (χ3n) is 3.85. The number of amides is 1. The van der Waals surface area contributed by atoms with Crippen LogP contribution < -0.4 is 5.32 Å². The third kappa shape index (κ3) is 3.45. The largest absolute Gasteiger partial charge is 0.348 e. The summed E-state index contributed by atoms with van der Waals surface area (Å²) in [6.07, 6.45) is 7.56. The number of hydrogen-bond acceptors (Lipinski definition) is 3. The lowest BCUT2D eigenvalue weighted by atomic mass is 9.95. The van der Waals surface area contributed by atoms with Crippen LogP contribution in [0.4, 0.5) is 0 Å². The summed E-state index contributed by atoms with van der Waals surface area (Å²) in [4.78, 5) is 21.0. The molecule has 2 aromatic rings. The summed E-state index contributed by atoms with van der Waals surface area (Å²) in [6, 6.07) is 11.5. The molecule has 3 rings (SSSR count). The molecule has 0 radical (unpaired) electrons. The van der Waals surface area contributed by atoms with Gasteiger partial charge in [0, 0.05) is 12.2 Å². The Labute approximate surface area is 124 Å². The second kappa shape index (κ2) is 6.48. The van der Waals surface area contributed by atoms with Gasteiger partial charge in [-0.05, 0) is 37.1 Å². The predicted molar refractivity (Wildman–Crippen MR) is 81.8 cm³/mol. The molecule has 1 aliphatic carbocycles. The van der Waals surface area contributed by atoms with Gasteiger partial charge in [0.1, 0.15) is 5.69 Å². The molecule has 21 heavy (non-hydrogen) atoms. The first-order valence-electron chi connectivity index (χ1n) is 7.52. The van der Waals surface area contributed by atoms with Gasteiger partial charge in [0.05, 0.1) is 11.4 Å². The molecule has 0 saturated heterocycles. The lowest BCUT2D eigenvalue weighted by Crippen LogP contribution is -2.36. The lowest BCUT2D eigenvalue weighted by Gasteiger charge is -2.22. The highest BCUT2D eigenvalue weighted by molar-refractivity contribution is 5.92. The van der Waals surface area contributed by atoms with Crippen molar-refractivity contribution in [2.24, 2.45) is 0 Å². The normalized spacial score (nSPS) is 15.6. The second-order valence-corrected chi connectivity index (χ2v) is 5.43. The molecule has 4 nitrogen and oxygen atoms in total. The molecule has 0 aromatic carbocycles. The highest BCUT2D eigenvalue weighted by atomic mass is 16.1. The molecule has 0 bridgehead atoms. The fraction of sp³-hybridized carbons (Fsp3) is 0.353. The number of carbonyl (C=O) groups is 1. The average Bonchev–Trinajstić information content (AvgIpc) is 2.57. The molecule has 0 atom stereocenters. The first-order chi connectivity index (χ1) is 10.3. The van der Waals surface area contributed by atoms with Crippen LogP contribution in [0, 0.1) is 0 Å². The maximum atomic E-state index is 12.3. The van der Waals surface area contributed by atoms with Crippen molar-refractivity contribution in [2.75, 3.05) is 0 Å². The van der Waals surface area contributed by atoms with Gasteiger partial charge in [0.2, 0.25) is 0 Å². The van der Waals surface area contributed by atoms with E-state index in [1.807, 2.05) is 30.3 Å². The minimum atomic E-state index is -0.0836. The Hall–Kier alpha value is -2.23. The Morgan fingerprint density at radius 3 is 2.57 bits per heavy atom. The minimum Gasteiger partial charge on any atom is -0.348 e. The monoisotopic (exact) mass is 281 g/mol. The van der Waals surface area contributed by atoms with Crippen molar-refractivity contribution in [3.63, 3.8) is 0 Å². The quantitative estimate of drug-likeness (QED) is 0.940. The van der Waals surface area contributed by atoms with Gasteiger partial charge >= 0.3 is 0 Å². The van der Waals surface area contributed by atoms with Crippen LogP contribution in [0.1, 0.15) is 42.6 Å². The zero-order chi connectivity index (χ0) is 14.5. The van der Waals surface area contributed by atoms with E-state index in [1.165, 1.54) is 19.3 Å². The van der Waals surface area contributed by atoms with Gasteiger partial charge in [-0.3, -0.25) is 9.78 Å². The average molecular weight is 281 g/mol. The first-order valence-corrected chi connectivity index (χ1v) is 7.52. The van der Waals surface area contributed by atoms with Gasteiger partial charge < -0.3 is 5.32 Å². The van der Waals surface area contributed by atoms with Crippen molar-refractivity contribution >= 4 is 5.91 Å². The smallest absolute Gasteiger partial charge is 0.270 e. The Morgan fingerprint density at radius 2 is 1.81 bits per heavy atom. The summed E-state index contributed by atoms with van der Waals surface area (Å²) in [5.41, 5.74) is 1.97. The van der Waals surface area contributed by atoms with E-state index in [-0.39, 0.29) is 5.91 Å². The molecule has 1 fully saturated rings. The van der Waals surface area contributed by atoms with E-state index < -0.39 is 0 Å². The number of aromatic nitrogens is 2.